The molecule has 0 aliphatic carbocycles. The number of nitrogens with one attached hydrogen (secondary N) is 1. The van der Waals surface area contributed by atoms with Crippen LogP contribution in [0.5, 0.6) is 5.75 Å². The monoisotopic (exact) mass is 398 g/mol. The van der Waals surface area contributed by atoms with Crippen LogP contribution in [0.4, 0.5) is 5.69 Å². The normalized spacial score (nSPS) is 15.1. The highest BCUT2D eigenvalue weighted by Crippen LogP contribution is 2.21. The molecule has 146 valence electrons. The van der Waals surface area contributed by atoms with Gasteiger partial charge in [-0.1, -0.05) is 35.9 Å². The molecule has 1 fully saturated rings. The van der Waals surface area contributed by atoms with E-state index in [0.717, 1.165) is 49.8 Å². The van der Waals surface area contributed by atoms with E-state index >= 15 is 0 Å². The van der Waals surface area contributed by atoms with Gasteiger partial charge in [-0.05, 0) is 24.3 Å². The molecule has 0 spiro atoms. The summed E-state index contributed by atoms with van der Waals surface area (Å²) in [5.74, 6) is 0.293. The predicted molar refractivity (Wildman–Crippen MR) is 112 cm³/mol. The molecule has 4 rings (SSSR count). The first-order valence-corrected chi connectivity index (χ1v) is 9.81. The number of halogens is 1. The van der Waals surface area contributed by atoms with Gasteiger partial charge in [0.2, 0.25) is 0 Å². The Balaban J connectivity index is 1.36. The number of phenolic OH excluding ortho intramolecular Hbond substituents is 1. The number of anilines is 1. The van der Waals surface area contributed by atoms with Gasteiger partial charge in [0.25, 0.3) is 5.56 Å². The van der Waals surface area contributed by atoms with E-state index < -0.39 is 0 Å². The van der Waals surface area contributed by atoms with Gasteiger partial charge in [-0.25, -0.2) is 4.68 Å². The van der Waals surface area contributed by atoms with Crippen molar-refractivity contribution in [2.45, 2.75) is 6.42 Å². The van der Waals surface area contributed by atoms with Crippen LogP contribution >= 0.6 is 11.6 Å². The fraction of sp³-hybridized carbons (Fsp3) is 0.286. The van der Waals surface area contributed by atoms with Crippen molar-refractivity contribution >= 4 is 17.3 Å². The molecule has 6 nitrogen and oxygen atoms in total. The molecule has 28 heavy (non-hydrogen) atoms. The van der Waals surface area contributed by atoms with E-state index in [9.17, 15) is 9.90 Å². The summed E-state index contributed by atoms with van der Waals surface area (Å²) in [6.07, 6.45) is 0.694. The van der Waals surface area contributed by atoms with Crippen molar-refractivity contribution < 1.29 is 5.11 Å². The van der Waals surface area contributed by atoms with Gasteiger partial charge in [0.1, 0.15) is 10.8 Å². The number of phenols is 1. The number of hydrogen-bond acceptors (Lipinski definition) is 4. The minimum atomic E-state index is -0.212. The second kappa shape index (κ2) is 8.12. The number of hydrogen-bond donors (Lipinski definition) is 2. The first-order valence-electron chi connectivity index (χ1n) is 9.43. The summed E-state index contributed by atoms with van der Waals surface area (Å²) >= 11 is 6.28. The van der Waals surface area contributed by atoms with Crippen LogP contribution in [0.2, 0.25) is 5.02 Å². The molecule has 0 atom stereocenters. The van der Waals surface area contributed by atoms with E-state index in [0.29, 0.717) is 12.2 Å². The number of para-hydroxylation sites is 1. The Morgan fingerprint density at radius 1 is 0.964 bits per heavy atom. The Labute approximate surface area is 168 Å². The molecule has 2 heterocycles. The number of aromatic hydroxyl groups is 1. The predicted octanol–water partition coefficient (Wildman–Crippen LogP) is 2.89. The topological polar surface area (TPSA) is 64.5 Å². The molecule has 0 unspecified atom stereocenters. The zero-order chi connectivity index (χ0) is 19.5. The molecule has 0 amide bonds. The number of piperazine rings is 1. The van der Waals surface area contributed by atoms with Crippen molar-refractivity contribution in [3.8, 4) is 11.4 Å². The fourth-order valence-corrected chi connectivity index (χ4v) is 3.80. The Kier molecular flexibility index (Phi) is 5.41. The van der Waals surface area contributed by atoms with E-state index in [2.05, 4.69) is 14.9 Å². The second-order valence-corrected chi connectivity index (χ2v) is 7.36. The Hall–Kier alpha value is -2.70. The fourth-order valence-electron chi connectivity index (χ4n) is 3.58. The van der Waals surface area contributed by atoms with Crippen molar-refractivity contribution in [1.82, 2.24) is 14.7 Å². The van der Waals surface area contributed by atoms with Gasteiger partial charge in [-0.3, -0.25) is 14.8 Å². The highest BCUT2D eigenvalue weighted by Gasteiger charge is 2.19. The molecule has 7 heteroatoms. The zero-order valence-electron chi connectivity index (χ0n) is 15.5. The van der Waals surface area contributed by atoms with E-state index in [1.807, 2.05) is 42.5 Å². The third-order valence-electron chi connectivity index (χ3n) is 5.16. The Morgan fingerprint density at radius 3 is 2.39 bits per heavy atom. The zero-order valence-corrected chi connectivity index (χ0v) is 16.3. The molecule has 2 aromatic carbocycles. The minimum absolute atomic E-state index is 0.212. The summed E-state index contributed by atoms with van der Waals surface area (Å²) < 4.78 is 1.50. The lowest BCUT2D eigenvalue weighted by Crippen LogP contribution is -2.47. The first kappa shape index (κ1) is 18.7. The maximum Gasteiger partial charge on any atom is 0.290 e. The van der Waals surface area contributed by atoms with Crippen molar-refractivity contribution in [2.75, 3.05) is 37.6 Å². The van der Waals surface area contributed by atoms with Crippen LogP contribution in [0.1, 0.15) is 5.69 Å². The molecule has 0 bridgehead atoms. The number of benzene rings is 2. The smallest absolute Gasteiger partial charge is 0.290 e. The number of H-pyrrole nitrogens is 1. The van der Waals surface area contributed by atoms with Crippen LogP contribution in [0, 0.1) is 0 Å². The Morgan fingerprint density at radius 2 is 1.68 bits per heavy atom. The highest BCUT2D eigenvalue weighted by atomic mass is 35.5. The van der Waals surface area contributed by atoms with Crippen molar-refractivity contribution in [3.63, 3.8) is 0 Å². The summed E-state index contributed by atoms with van der Waals surface area (Å²) in [7, 11) is 0. The lowest BCUT2D eigenvalue weighted by molar-refractivity contribution is 0.260. The van der Waals surface area contributed by atoms with Gasteiger partial charge in [-0.2, -0.15) is 0 Å². The van der Waals surface area contributed by atoms with Crippen LogP contribution in [0.15, 0.2) is 59.4 Å². The molecule has 1 saturated heterocycles. The maximum absolute atomic E-state index is 12.4. The van der Waals surface area contributed by atoms with Crippen molar-refractivity contribution in [2.24, 2.45) is 0 Å². The lowest BCUT2D eigenvalue weighted by Gasteiger charge is -2.36. The van der Waals surface area contributed by atoms with Gasteiger partial charge in [-0.15, -0.1) is 0 Å². The van der Waals surface area contributed by atoms with Gasteiger partial charge in [0.15, 0.2) is 0 Å². The third-order valence-corrected chi connectivity index (χ3v) is 5.55. The van der Waals surface area contributed by atoms with Crippen LogP contribution in [0.3, 0.4) is 0 Å². The van der Waals surface area contributed by atoms with E-state index in [1.54, 1.807) is 12.1 Å². The summed E-state index contributed by atoms with van der Waals surface area (Å²) in [5, 5.41) is 13.1. The van der Waals surface area contributed by atoms with Gasteiger partial charge in [0, 0.05) is 50.9 Å². The average molecular weight is 399 g/mol. The van der Waals surface area contributed by atoms with Crippen LogP contribution < -0.4 is 10.5 Å². The lowest BCUT2D eigenvalue weighted by atomic mass is 10.2. The number of nitrogens with zero attached hydrogens (tertiary/aromatic N) is 3. The molecular formula is C21H23ClN4O2. The van der Waals surface area contributed by atoms with E-state index in [1.165, 1.54) is 4.68 Å². The molecular weight excluding hydrogens is 376 g/mol. The average Bonchev–Trinajstić information content (AvgIpc) is 3.02. The summed E-state index contributed by atoms with van der Waals surface area (Å²) in [6, 6.07) is 16.8. The van der Waals surface area contributed by atoms with Crippen molar-refractivity contribution in [1.29, 1.82) is 0 Å². The molecule has 2 N–H and O–H groups in total. The molecule has 1 aliphatic rings. The van der Waals surface area contributed by atoms with Crippen LogP contribution in [0.25, 0.3) is 5.69 Å². The first-order chi connectivity index (χ1) is 13.6. The molecule has 1 aliphatic heterocycles. The number of aromatic amines is 1. The molecule has 1 aromatic heterocycles. The molecule has 0 radical (unpaired) electrons. The van der Waals surface area contributed by atoms with Gasteiger partial charge < -0.3 is 10.0 Å². The largest absolute Gasteiger partial charge is 0.508 e. The highest BCUT2D eigenvalue weighted by molar-refractivity contribution is 6.31. The number of rotatable bonds is 5. The van der Waals surface area contributed by atoms with Gasteiger partial charge >= 0.3 is 0 Å². The number of aromatic nitrogens is 2. The standard InChI is InChI=1S/C21H23ClN4O2/c22-20-19(23-26(21(20)28)16-5-2-1-3-6-16)9-10-24-11-13-25(14-12-24)17-7-4-8-18(27)15-17/h1-8,15,23,27H,9-14H2. The van der Waals surface area contributed by atoms with Crippen molar-refractivity contribution in [3.05, 3.63) is 75.7 Å². The van der Waals surface area contributed by atoms with E-state index in [4.69, 9.17) is 11.6 Å². The second-order valence-electron chi connectivity index (χ2n) is 6.98. The summed E-state index contributed by atoms with van der Waals surface area (Å²) in [5.41, 5.74) is 2.38. The SMILES string of the molecule is O=c1c(Cl)c(CCN2CCN(c3cccc(O)c3)CC2)[nH]n1-c1ccccc1. The molecule has 3 aromatic rings. The maximum atomic E-state index is 12.4. The van der Waals surface area contributed by atoms with Crippen LogP contribution in [-0.2, 0) is 6.42 Å². The summed E-state index contributed by atoms with van der Waals surface area (Å²) in [4.78, 5) is 17.1. The minimum Gasteiger partial charge on any atom is -0.508 e. The third kappa shape index (κ3) is 3.93. The quantitative estimate of drug-likeness (QED) is 0.693. The van der Waals surface area contributed by atoms with E-state index in [-0.39, 0.29) is 10.6 Å². The van der Waals surface area contributed by atoms with Gasteiger partial charge in [0.05, 0.1) is 11.4 Å². The Bertz CT molecular complexity index is 991. The summed E-state index contributed by atoms with van der Waals surface area (Å²) in [6.45, 7) is 4.49. The van der Waals surface area contributed by atoms with Crippen LogP contribution in [-0.4, -0.2) is 52.5 Å². The molecule has 0 saturated carbocycles.